The molecular weight excluding hydrogens is 461 g/mol. The quantitative estimate of drug-likeness (QED) is 0.633. The Balaban J connectivity index is 1.63. The van der Waals surface area contributed by atoms with Gasteiger partial charge >= 0.3 is 0 Å². The van der Waals surface area contributed by atoms with Crippen LogP contribution in [0.15, 0.2) is 57.9 Å². The van der Waals surface area contributed by atoms with E-state index in [1.807, 2.05) is 4.90 Å². The lowest BCUT2D eigenvalue weighted by atomic mass is 10.2. The van der Waals surface area contributed by atoms with Crippen molar-refractivity contribution in [2.75, 3.05) is 44.2 Å². The van der Waals surface area contributed by atoms with Crippen molar-refractivity contribution in [1.29, 1.82) is 0 Å². The van der Waals surface area contributed by atoms with E-state index in [2.05, 4.69) is 15.9 Å². The van der Waals surface area contributed by atoms with Gasteiger partial charge in [-0.1, -0.05) is 35.0 Å². The molecule has 0 atom stereocenters. The molecule has 0 aliphatic carbocycles. The summed E-state index contributed by atoms with van der Waals surface area (Å²) in [6.07, 6.45) is 0. The molecule has 1 aliphatic heterocycles. The minimum absolute atomic E-state index is 0.153. The van der Waals surface area contributed by atoms with Crippen LogP contribution in [0.1, 0.15) is 6.92 Å². The number of benzene rings is 2. The molecule has 0 spiro atoms. The molecule has 9 heteroatoms. The number of anilines is 1. The van der Waals surface area contributed by atoms with Crippen LogP contribution in [-0.4, -0.2) is 62.8 Å². The fraction of sp³-hybridized carbons (Fsp3) is 0.350. The predicted molar refractivity (Wildman–Crippen MR) is 114 cm³/mol. The molecule has 29 heavy (non-hydrogen) atoms. The zero-order valence-electron chi connectivity index (χ0n) is 16.1. The summed E-state index contributed by atoms with van der Waals surface area (Å²) in [5.41, 5.74) is 0.521. The van der Waals surface area contributed by atoms with Crippen LogP contribution < -0.4 is 4.90 Å². The van der Waals surface area contributed by atoms with Gasteiger partial charge in [0.2, 0.25) is 15.9 Å². The number of para-hydroxylation sites is 1. The molecule has 0 saturated carbocycles. The van der Waals surface area contributed by atoms with Gasteiger partial charge in [-0.05, 0) is 36.4 Å². The first kappa shape index (κ1) is 21.7. The lowest BCUT2D eigenvalue weighted by Crippen LogP contribution is -2.52. The first-order valence-corrected chi connectivity index (χ1v) is 11.6. The number of carbonyl (C=O) groups is 1. The molecule has 6 nitrogen and oxygen atoms in total. The molecule has 0 aromatic heterocycles. The Morgan fingerprint density at radius 2 is 1.69 bits per heavy atom. The fourth-order valence-corrected chi connectivity index (χ4v) is 4.94. The minimum Gasteiger partial charge on any atom is -0.366 e. The van der Waals surface area contributed by atoms with Crippen molar-refractivity contribution in [1.82, 2.24) is 9.21 Å². The number of rotatable bonds is 6. The van der Waals surface area contributed by atoms with E-state index in [4.69, 9.17) is 0 Å². The molecule has 0 N–H and O–H groups in total. The molecule has 0 unspecified atom stereocenters. The molecule has 1 heterocycles. The smallest absolute Gasteiger partial charge is 0.243 e. The van der Waals surface area contributed by atoms with Gasteiger partial charge in [0, 0.05) is 37.2 Å². The summed E-state index contributed by atoms with van der Waals surface area (Å²) < 4.78 is 41.6. The minimum atomic E-state index is -3.76. The number of hydrogen-bond donors (Lipinski definition) is 0. The fourth-order valence-electron chi connectivity index (χ4n) is 3.28. The Hall–Kier alpha value is -1.97. The molecule has 1 aliphatic rings. The van der Waals surface area contributed by atoms with Gasteiger partial charge in [0.1, 0.15) is 5.82 Å². The Kier molecular flexibility index (Phi) is 6.92. The summed E-state index contributed by atoms with van der Waals surface area (Å²) >= 11 is 3.29. The van der Waals surface area contributed by atoms with Crippen molar-refractivity contribution in [3.8, 4) is 0 Å². The lowest BCUT2D eigenvalue weighted by molar-refractivity contribution is -0.131. The second-order valence-corrected chi connectivity index (χ2v) is 9.56. The average molecular weight is 484 g/mol. The highest BCUT2D eigenvalue weighted by atomic mass is 79.9. The molecule has 156 valence electrons. The van der Waals surface area contributed by atoms with Gasteiger partial charge in [0.25, 0.3) is 0 Å². The van der Waals surface area contributed by atoms with E-state index in [1.54, 1.807) is 42.2 Å². The number of sulfonamides is 1. The Bertz CT molecular complexity index is 961. The van der Waals surface area contributed by atoms with Crippen molar-refractivity contribution >= 4 is 37.5 Å². The Labute approximate surface area is 179 Å². The number of amides is 1. The van der Waals surface area contributed by atoms with Gasteiger partial charge in [-0.25, -0.2) is 12.8 Å². The van der Waals surface area contributed by atoms with Gasteiger partial charge in [-0.15, -0.1) is 0 Å². The van der Waals surface area contributed by atoms with Crippen LogP contribution in [0.2, 0.25) is 0 Å². The van der Waals surface area contributed by atoms with Crippen LogP contribution in [0.5, 0.6) is 0 Å². The number of hydrogen-bond acceptors (Lipinski definition) is 4. The predicted octanol–water partition coefficient (Wildman–Crippen LogP) is 2.95. The summed E-state index contributed by atoms with van der Waals surface area (Å²) in [5.74, 6) is -0.536. The number of piperazine rings is 1. The first-order chi connectivity index (χ1) is 13.8. The SMILES string of the molecule is CCN(CC(=O)N1CCN(c2ccccc2F)CC1)S(=O)(=O)c1ccc(Br)cc1. The monoisotopic (exact) mass is 483 g/mol. The standard InChI is InChI=1S/C20H23BrFN3O3S/c1-2-25(29(27,28)17-9-7-16(21)8-10-17)15-20(26)24-13-11-23(12-14-24)19-6-4-3-5-18(19)22/h3-10H,2,11-15H2,1H3. The summed E-state index contributed by atoms with van der Waals surface area (Å²) in [6.45, 7) is 3.52. The average Bonchev–Trinajstić information content (AvgIpc) is 2.72. The van der Waals surface area contributed by atoms with Crippen molar-refractivity contribution in [3.05, 3.63) is 58.8 Å². The highest BCUT2D eigenvalue weighted by Crippen LogP contribution is 2.21. The highest BCUT2D eigenvalue weighted by Gasteiger charge is 2.29. The van der Waals surface area contributed by atoms with Crippen molar-refractivity contribution < 1.29 is 17.6 Å². The van der Waals surface area contributed by atoms with E-state index in [9.17, 15) is 17.6 Å². The van der Waals surface area contributed by atoms with E-state index >= 15 is 0 Å². The third-order valence-electron chi connectivity index (χ3n) is 4.94. The van der Waals surface area contributed by atoms with E-state index in [0.29, 0.717) is 31.9 Å². The normalized spacial score (nSPS) is 15.0. The second-order valence-electron chi connectivity index (χ2n) is 6.70. The molecule has 2 aromatic rings. The van der Waals surface area contributed by atoms with Gasteiger partial charge < -0.3 is 9.80 Å². The maximum absolute atomic E-state index is 14.0. The summed E-state index contributed by atoms with van der Waals surface area (Å²) in [6, 6.07) is 12.9. The van der Waals surface area contributed by atoms with Gasteiger partial charge in [0.15, 0.2) is 0 Å². The molecule has 1 saturated heterocycles. The zero-order chi connectivity index (χ0) is 21.0. The van der Waals surface area contributed by atoms with Gasteiger partial charge in [-0.2, -0.15) is 4.31 Å². The van der Waals surface area contributed by atoms with E-state index in [-0.39, 0.29) is 29.7 Å². The molecule has 1 fully saturated rings. The van der Waals surface area contributed by atoms with Crippen molar-refractivity contribution in [2.45, 2.75) is 11.8 Å². The number of halogens is 2. The number of nitrogens with zero attached hydrogens (tertiary/aromatic N) is 3. The molecule has 3 rings (SSSR count). The molecule has 1 amide bonds. The van der Waals surface area contributed by atoms with E-state index < -0.39 is 10.0 Å². The first-order valence-electron chi connectivity index (χ1n) is 9.36. The Morgan fingerprint density at radius 1 is 1.07 bits per heavy atom. The molecule has 0 radical (unpaired) electrons. The van der Waals surface area contributed by atoms with Crippen molar-refractivity contribution in [3.63, 3.8) is 0 Å². The van der Waals surface area contributed by atoms with Crippen LogP contribution in [-0.2, 0) is 14.8 Å². The lowest BCUT2D eigenvalue weighted by Gasteiger charge is -2.37. The van der Waals surface area contributed by atoms with Gasteiger partial charge in [-0.3, -0.25) is 4.79 Å². The van der Waals surface area contributed by atoms with Crippen LogP contribution in [0, 0.1) is 5.82 Å². The topological polar surface area (TPSA) is 60.9 Å². The largest absolute Gasteiger partial charge is 0.366 e. The maximum atomic E-state index is 14.0. The molecule has 0 bridgehead atoms. The zero-order valence-corrected chi connectivity index (χ0v) is 18.5. The van der Waals surface area contributed by atoms with Crippen molar-refractivity contribution in [2.24, 2.45) is 0 Å². The van der Waals surface area contributed by atoms with E-state index in [1.165, 1.54) is 22.5 Å². The van der Waals surface area contributed by atoms with Crippen LogP contribution in [0.3, 0.4) is 0 Å². The summed E-state index contributed by atoms with van der Waals surface area (Å²) in [7, 11) is -3.76. The summed E-state index contributed by atoms with van der Waals surface area (Å²) in [4.78, 5) is 16.4. The summed E-state index contributed by atoms with van der Waals surface area (Å²) in [5, 5.41) is 0. The number of likely N-dealkylation sites (N-methyl/N-ethyl adjacent to an activating group) is 1. The third-order valence-corrected chi connectivity index (χ3v) is 7.40. The van der Waals surface area contributed by atoms with E-state index in [0.717, 1.165) is 4.47 Å². The molecule has 2 aromatic carbocycles. The maximum Gasteiger partial charge on any atom is 0.243 e. The third kappa shape index (κ3) is 4.96. The number of carbonyl (C=O) groups excluding carboxylic acids is 1. The van der Waals surface area contributed by atoms with Gasteiger partial charge in [0.05, 0.1) is 17.1 Å². The van der Waals surface area contributed by atoms with Crippen LogP contribution in [0.25, 0.3) is 0 Å². The van der Waals surface area contributed by atoms with Crippen LogP contribution >= 0.6 is 15.9 Å². The molecular formula is C20H23BrFN3O3S. The highest BCUT2D eigenvalue weighted by molar-refractivity contribution is 9.10. The Morgan fingerprint density at radius 3 is 2.28 bits per heavy atom. The van der Waals surface area contributed by atoms with Crippen LogP contribution in [0.4, 0.5) is 10.1 Å². The second kappa shape index (κ2) is 9.23.